The van der Waals surface area contributed by atoms with Crippen molar-refractivity contribution in [2.45, 2.75) is 19.5 Å². The topological polar surface area (TPSA) is 35.8 Å². The fourth-order valence-electron chi connectivity index (χ4n) is 1.89. The first-order valence-corrected chi connectivity index (χ1v) is 7.07. The standard InChI is InChI=1S/C16H14BrFN2/c1-11(13-4-6-15(17)7-5-13)20-10-14-3-2-12(9-19)8-16(14)18/h2-8,11,20H,10H2,1H3/t11-/m1/s1. The quantitative estimate of drug-likeness (QED) is 0.905. The summed E-state index contributed by atoms with van der Waals surface area (Å²) in [6.45, 7) is 2.46. The monoisotopic (exact) mass is 332 g/mol. The minimum Gasteiger partial charge on any atom is -0.306 e. The fourth-order valence-corrected chi connectivity index (χ4v) is 2.16. The predicted octanol–water partition coefficient (Wildman–Crippen LogP) is 4.31. The molecule has 0 aliphatic rings. The van der Waals surface area contributed by atoms with Crippen molar-refractivity contribution in [2.24, 2.45) is 0 Å². The van der Waals surface area contributed by atoms with Crippen molar-refractivity contribution in [2.75, 3.05) is 0 Å². The number of hydrogen-bond acceptors (Lipinski definition) is 2. The Labute approximate surface area is 126 Å². The van der Waals surface area contributed by atoms with E-state index in [9.17, 15) is 4.39 Å². The maximum atomic E-state index is 13.7. The molecule has 2 rings (SSSR count). The van der Waals surface area contributed by atoms with Gasteiger partial charge in [-0.05, 0) is 36.8 Å². The first kappa shape index (κ1) is 14.7. The maximum absolute atomic E-state index is 13.7. The van der Waals surface area contributed by atoms with Crippen LogP contribution < -0.4 is 5.32 Å². The Bertz CT molecular complexity index is 632. The Hall–Kier alpha value is -1.70. The first-order valence-electron chi connectivity index (χ1n) is 6.27. The van der Waals surface area contributed by atoms with Crippen LogP contribution in [0.3, 0.4) is 0 Å². The molecule has 0 aliphatic carbocycles. The van der Waals surface area contributed by atoms with Crippen LogP contribution in [0.2, 0.25) is 0 Å². The molecule has 2 aromatic carbocycles. The zero-order valence-electron chi connectivity index (χ0n) is 11.0. The molecule has 0 saturated carbocycles. The molecule has 20 heavy (non-hydrogen) atoms. The molecule has 0 bridgehead atoms. The van der Waals surface area contributed by atoms with E-state index in [1.165, 1.54) is 6.07 Å². The van der Waals surface area contributed by atoms with Gasteiger partial charge in [-0.1, -0.05) is 34.1 Å². The van der Waals surface area contributed by atoms with Gasteiger partial charge >= 0.3 is 0 Å². The van der Waals surface area contributed by atoms with Crippen molar-refractivity contribution in [3.8, 4) is 6.07 Å². The highest BCUT2D eigenvalue weighted by atomic mass is 79.9. The molecule has 1 N–H and O–H groups in total. The van der Waals surface area contributed by atoms with Gasteiger partial charge < -0.3 is 5.32 Å². The van der Waals surface area contributed by atoms with Gasteiger partial charge in [0, 0.05) is 22.6 Å². The second-order valence-electron chi connectivity index (χ2n) is 4.57. The van der Waals surface area contributed by atoms with E-state index in [-0.39, 0.29) is 11.9 Å². The summed E-state index contributed by atoms with van der Waals surface area (Å²) in [5.74, 6) is -0.348. The molecule has 0 saturated heterocycles. The summed E-state index contributed by atoms with van der Waals surface area (Å²) in [5, 5.41) is 12.0. The molecule has 2 nitrogen and oxygen atoms in total. The average molecular weight is 333 g/mol. The van der Waals surface area contributed by atoms with Crippen molar-refractivity contribution < 1.29 is 4.39 Å². The van der Waals surface area contributed by atoms with Crippen LogP contribution in [0.25, 0.3) is 0 Å². The molecule has 0 heterocycles. The van der Waals surface area contributed by atoms with Crippen molar-refractivity contribution in [3.63, 3.8) is 0 Å². The number of rotatable bonds is 4. The highest BCUT2D eigenvalue weighted by Gasteiger charge is 2.07. The Kier molecular flexibility index (Phi) is 4.89. The first-order chi connectivity index (χ1) is 9.60. The zero-order chi connectivity index (χ0) is 14.5. The molecule has 0 amide bonds. The lowest BCUT2D eigenvalue weighted by molar-refractivity contribution is 0.544. The molecule has 2 aromatic rings. The van der Waals surface area contributed by atoms with Gasteiger partial charge in [0.05, 0.1) is 11.6 Å². The molecular weight excluding hydrogens is 319 g/mol. The van der Waals surface area contributed by atoms with Crippen LogP contribution in [-0.4, -0.2) is 0 Å². The summed E-state index contributed by atoms with van der Waals surface area (Å²) in [4.78, 5) is 0. The fraction of sp³-hybridized carbons (Fsp3) is 0.188. The van der Waals surface area contributed by atoms with Crippen molar-refractivity contribution in [1.29, 1.82) is 5.26 Å². The smallest absolute Gasteiger partial charge is 0.129 e. The predicted molar refractivity (Wildman–Crippen MR) is 80.5 cm³/mol. The summed E-state index contributed by atoms with van der Waals surface area (Å²) in [6.07, 6.45) is 0. The van der Waals surface area contributed by atoms with Gasteiger partial charge in [-0.25, -0.2) is 4.39 Å². The van der Waals surface area contributed by atoms with Crippen LogP contribution >= 0.6 is 15.9 Å². The average Bonchev–Trinajstić information content (AvgIpc) is 2.46. The molecule has 1 atom stereocenters. The number of nitriles is 1. The van der Waals surface area contributed by atoms with Crippen LogP contribution in [-0.2, 0) is 6.54 Å². The van der Waals surface area contributed by atoms with E-state index in [1.54, 1.807) is 12.1 Å². The van der Waals surface area contributed by atoms with E-state index < -0.39 is 0 Å². The van der Waals surface area contributed by atoms with Crippen LogP contribution in [0.1, 0.15) is 29.7 Å². The Morgan fingerprint density at radius 2 is 1.95 bits per heavy atom. The second-order valence-corrected chi connectivity index (χ2v) is 5.49. The minimum absolute atomic E-state index is 0.123. The molecule has 0 unspecified atom stereocenters. The van der Waals surface area contributed by atoms with E-state index >= 15 is 0 Å². The molecule has 0 aromatic heterocycles. The lowest BCUT2D eigenvalue weighted by Gasteiger charge is -2.15. The van der Waals surface area contributed by atoms with Gasteiger partial charge in [0.25, 0.3) is 0 Å². The number of nitrogens with zero attached hydrogens (tertiary/aromatic N) is 1. The van der Waals surface area contributed by atoms with Crippen molar-refractivity contribution >= 4 is 15.9 Å². The molecule has 0 radical (unpaired) electrons. The summed E-state index contributed by atoms with van der Waals surface area (Å²) in [7, 11) is 0. The van der Waals surface area contributed by atoms with Gasteiger partial charge in [-0.15, -0.1) is 0 Å². The van der Waals surface area contributed by atoms with Crippen molar-refractivity contribution in [3.05, 3.63) is 69.4 Å². The minimum atomic E-state index is -0.348. The highest BCUT2D eigenvalue weighted by Crippen LogP contribution is 2.17. The maximum Gasteiger partial charge on any atom is 0.129 e. The van der Waals surface area contributed by atoms with E-state index in [2.05, 4.69) is 21.2 Å². The molecule has 4 heteroatoms. The third-order valence-corrected chi connectivity index (χ3v) is 3.68. The van der Waals surface area contributed by atoms with E-state index in [0.29, 0.717) is 17.7 Å². The lowest BCUT2D eigenvalue weighted by Crippen LogP contribution is -2.18. The third-order valence-electron chi connectivity index (χ3n) is 3.15. The zero-order valence-corrected chi connectivity index (χ0v) is 12.6. The van der Waals surface area contributed by atoms with Gasteiger partial charge in [-0.3, -0.25) is 0 Å². The normalized spacial score (nSPS) is 11.9. The Balaban J connectivity index is 2.01. The Morgan fingerprint density at radius 1 is 1.25 bits per heavy atom. The van der Waals surface area contributed by atoms with Gasteiger partial charge in [-0.2, -0.15) is 5.26 Å². The summed E-state index contributed by atoms with van der Waals surface area (Å²) < 4.78 is 14.8. The second kappa shape index (κ2) is 6.65. The molecule has 0 aliphatic heterocycles. The van der Waals surface area contributed by atoms with E-state index in [1.807, 2.05) is 37.3 Å². The highest BCUT2D eigenvalue weighted by molar-refractivity contribution is 9.10. The number of nitrogens with one attached hydrogen (secondary N) is 1. The lowest BCUT2D eigenvalue weighted by atomic mass is 10.1. The summed E-state index contributed by atoms with van der Waals surface area (Å²) in [6, 6.07) is 14.6. The van der Waals surface area contributed by atoms with Crippen molar-refractivity contribution in [1.82, 2.24) is 5.32 Å². The van der Waals surface area contributed by atoms with Crippen LogP contribution in [0.15, 0.2) is 46.9 Å². The van der Waals surface area contributed by atoms with Gasteiger partial charge in [0.15, 0.2) is 0 Å². The van der Waals surface area contributed by atoms with E-state index in [0.717, 1.165) is 10.0 Å². The SMILES string of the molecule is C[C@@H](NCc1ccc(C#N)cc1F)c1ccc(Br)cc1. The molecule has 102 valence electrons. The van der Waals surface area contributed by atoms with Gasteiger partial charge in [0.2, 0.25) is 0 Å². The molecule has 0 spiro atoms. The summed E-state index contributed by atoms with van der Waals surface area (Å²) in [5.41, 5.74) is 2.04. The molecular formula is C16H14BrFN2. The Morgan fingerprint density at radius 3 is 2.55 bits per heavy atom. The van der Waals surface area contributed by atoms with Crippen LogP contribution in [0, 0.1) is 17.1 Å². The number of hydrogen-bond donors (Lipinski definition) is 1. The van der Waals surface area contributed by atoms with Gasteiger partial charge in [0.1, 0.15) is 5.82 Å². The van der Waals surface area contributed by atoms with E-state index in [4.69, 9.17) is 5.26 Å². The van der Waals surface area contributed by atoms with Crippen LogP contribution in [0.5, 0.6) is 0 Å². The largest absolute Gasteiger partial charge is 0.306 e. The molecule has 0 fully saturated rings. The third kappa shape index (κ3) is 3.66. The number of halogens is 2. The summed E-state index contributed by atoms with van der Waals surface area (Å²) >= 11 is 3.40. The van der Waals surface area contributed by atoms with Crippen LogP contribution in [0.4, 0.5) is 4.39 Å². The number of benzene rings is 2.